The quantitative estimate of drug-likeness (QED) is 0.710. The van der Waals surface area contributed by atoms with Crippen LogP contribution in [0.1, 0.15) is 33.1 Å². The van der Waals surface area contributed by atoms with E-state index in [1.807, 2.05) is 0 Å². The van der Waals surface area contributed by atoms with Gasteiger partial charge in [-0.05, 0) is 39.7 Å². The molecule has 0 bridgehead atoms. The monoisotopic (exact) mass is 185 g/mol. The minimum Gasteiger partial charge on any atom is -0.481 e. The van der Waals surface area contributed by atoms with E-state index in [9.17, 15) is 4.79 Å². The van der Waals surface area contributed by atoms with Gasteiger partial charge in [0.25, 0.3) is 0 Å². The molecule has 0 radical (unpaired) electrons. The molecule has 1 heterocycles. The standard InChI is InChI=1S/C10H19NO2/c1-10(2)5-4-8(6-9(12)13)7-11(10)3/h8H,4-7H2,1-3H3,(H,12,13). The summed E-state index contributed by atoms with van der Waals surface area (Å²) in [6, 6.07) is 0. The van der Waals surface area contributed by atoms with Crippen LogP contribution in [0.2, 0.25) is 0 Å². The summed E-state index contributed by atoms with van der Waals surface area (Å²) in [5.41, 5.74) is 0.245. The first-order chi connectivity index (χ1) is 5.92. The summed E-state index contributed by atoms with van der Waals surface area (Å²) in [5, 5.41) is 8.66. The summed E-state index contributed by atoms with van der Waals surface area (Å²) in [4.78, 5) is 12.8. The van der Waals surface area contributed by atoms with Crippen molar-refractivity contribution in [2.24, 2.45) is 5.92 Å². The van der Waals surface area contributed by atoms with Gasteiger partial charge in [0.2, 0.25) is 0 Å². The Morgan fingerprint density at radius 3 is 2.69 bits per heavy atom. The van der Waals surface area contributed by atoms with Crippen LogP contribution in [-0.4, -0.2) is 35.1 Å². The number of nitrogens with zero attached hydrogens (tertiary/aromatic N) is 1. The van der Waals surface area contributed by atoms with Crippen molar-refractivity contribution in [1.82, 2.24) is 4.90 Å². The molecule has 1 N–H and O–H groups in total. The van der Waals surface area contributed by atoms with Crippen LogP contribution in [-0.2, 0) is 4.79 Å². The van der Waals surface area contributed by atoms with Crippen LogP contribution < -0.4 is 0 Å². The Balaban J connectivity index is 2.46. The van der Waals surface area contributed by atoms with Crippen LogP contribution >= 0.6 is 0 Å². The number of hydrogen-bond donors (Lipinski definition) is 1. The molecular weight excluding hydrogens is 166 g/mol. The maximum atomic E-state index is 10.5. The van der Waals surface area contributed by atoms with Crippen LogP contribution in [0.15, 0.2) is 0 Å². The lowest BCUT2D eigenvalue weighted by Crippen LogP contribution is -2.48. The van der Waals surface area contributed by atoms with Crippen molar-refractivity contribution < 1.29 is 9.90 Å². The van der Waals surface area contributed by atoms with E-state index >= 15 is 0 Å². The van der Waals surface area contributed by atoms with Gasteiger partial charge in [-0.25, -0.2) is 0 Å². The first kappa shape index (κ1) is 10.5. The lowest BCUT2D eigenvalue weighted by molar-refractivity contribution is -0.138. The van der Waals surface area contributed by atoms with E-state index in [0.717, 1.165) is 19.4 Å². The fourth-order valence-corrected chi connectivity index (χ4v) is 1.89. The Labute approximate surface area is 79.7 Å². The fraction of sp³-hybridized carbons (Fsp3) is 0.900. The van der Waals surface area contributed by atoms with Crippen molar-refractivity contribution in [2.45, 2.75) is 38.6 Å². The molecule has 0 aromatic rings. The number of carbonyl (C=O) groups is 1. The van der Waals surface area contributed by atoms with E-state index in [0.29, 0.717) is 12.3 Å². The minimum absolute atomic E-state index is 0.245. The highest BCUT2D eigenvalue weighted by Gasteiger charge is 2.32. The summed E-state index contributed by atoms with van der Waals surface area (Å²) in [6.45, 7) is 5.34. The van der Waals surface area contributed by atoms with Crippen LogP contribution in [0.5, 0.6) is 0 Å². The molecule has 1 rings (SSSR count). The molecule has 1 fully saturated rings. The highest BCUT2D eigenvalue weighted by atomic mass is 16.4. The van der Waals surface area contributed by atoms with E-state index < -0.39 is 5.97 Å². The van der Waals surface area contributed by atoms with Gasteiger partial charge in [-0.1, -0.05) is 0 Å². The van der Waals surface area contributed by atoms with Crippen molar-refractivity contribution in [3.05, 3.63) is 0 Å². The van der Waals surface area contributed by atoms with Gasteiger partial charge in [0.05, 0.1) is 0 Å². The van der Waals surface area contributed by atoms with Crippen molar-refractivity contribution in [2.75, 3.05) is 13.6 Å². The molecular formula is C10H19NO2. The average Bonchev–Trinajstić information content (AvgIpc) is 1.97. The van der Waals surface area contributed by atoms with E-state index in [4.69, 9.17) is 5.11 Å². The Hall–Kier alpha value is -0.570. The molecule has 3 nitrogen and oxygen atoms in total. The number of carboxylic acid groups (broad SMARTS) is 1. The molecule has 0 aromatic carbocycles. The minimum atomic E-state index is -0.668. The van der Waals surface area contributed by atoms with E-state index in [1.54, 1.807) is 0 Å². The van der Waals surface area contributed by atoms with Gasteiger partial charge in [-0.2, -0.15) is 0 Å². The molecule has 0 saturated carbocycles. The van der Waals surface area contributed by atoms with Gasteiger partial charge in [0.1, 0.15) is 0 Å². The van der Waals surface area contributed by atoms with Gasteiger partial charge in [-0.3, -0.25) is 4.79 Å². The fourth-order valence-electron chi connectivity index (χ4n) is 1.89. The van der Waals surface area contributed by atoms with Gasteiger partial charge >= 0.3 is 5.97 Å². The molecule has 1 saturated heterocycles. The molecule has 0 aliphatic carbocycles. The largest absolute Gasteiger partial charge is 0.481 e. The zero-order valence-electron chi connectivity index (χ0n) is 8.71. The summed E-state index contributed by atoms with van der Waals surface area (Å²) >= 11 is 0. The lowest BCUT2D eigenvalue weighted by Gasteiger charge is -2.43. The number of likely N-dealkylation sites (tertiary alicyclic amines) is 1. The van der Waals surface area contributed by atoms with Crippen LogP contribution in [0, 0.1) is 5.92 Å². The van der Waals surface area contributed by atoms with Crippen molar-refractivity contribution >= 4 is 5.97 Å². The Kier molecular flexibility index (Phi) is 2.96. The molecule has 1 aliphatic heterocycles. The van der Waals surface area contributed by atoms with E-state index in [1.165, 1.54) is 0 Å². The highest BCUT2D eigenvalue weighted by Crippen LogP contribution is 2.30. The van der Waals surface area contributed by atoms with Crippen molar-refractivity contribution in [3.63, 3.8) is 0 Å². The van der Waals surface area contributed by atoms with Crippen LogP contribution in [0.4, 0.5) is 0 Å². The first-order valence-electron chi connectivity index (χ1n) is 4.85. The topological polar surface area (TPSA) is 40.5 Å². The van der Waals surface area contributed by atoms with Crippen LogP contribution in [0.3, 0.4) is 0 Å². The second-order valence-electron chi connectivity index (χ2n) is 4.70. The predicted molar refractivity (Wildman–Crippen MR) is 51.7 cm³/mol. The zero-order chi connectivity index (χ0) is 10.1. The smallest absolute Gasteiger partial charge is 0.303 e. The summed E-state index contributed by atoms with van der Waals surface area (Å²) in [7, 11) is 2.08. The molecule has 3 heteroatoms. The third kappa shape index (κ3) is 2.69. The second-order valence-corrected chi connectivity index (χ2v) is 4.70. The lowest BCUT2D eigenvalue weighted by atomic mass is 9.84. The number of piperidine rings is 1. The maximum Gasteiger partial charge on any atom is 0.303 e. The molecule has 0 aromatic heterocycles. The molecule has 0 spiro atoms. The van der Waals surface area contributed by atoms with Gasteiger partial charge < -0.3 is 10.0 Å². The maximum absolute atomic E-state index is 10.5. The third-order valence-corrected chi connectivity index (χ3v) is 3.19. The normalized spacial score (nSPS) is 28.7. The van der Waals surface area contributed by atoms with E-state index in [2.05, 4.69) is 25.8 Å². The summed E-state index contributed by atoms with van der Waals surface area (Å²) < 4.78 is 0. The van der Waals surface area contributed by atoms with Gasteiger partial charge in [-0.15, -0.1) is 0 Å². The predicted octanol–water partition coefficient (Wildman–Crippen LogP) is 1.58. The summed E-state index contributed by atoms with van der Waals surface area (Å²) in [6.07, 6.45) is 2.46. The van der Waals surface area contributed by atoms with Crippen molar-refractivity contribution in [1.29, 1.82) is 0 Å². The SMILES string of the molecule is CN1CC(CC(=O)O)CCC1(C)C. The molecule has 1 aliphatic rings. The molecule has 1 atom stereocenters. The number of carboxylic acids is 1. The second kappa shape index (κ2) is 3.66. The van der Waals surface area contributed by atoms with Crippen LogP contribution in [0.25, 0.3) is 0 Å². The Morgan fingerprint density at radius 1 is 1.62 bits per heavy atom. The Bertz CT molecular complexity index is 201. The highest BCUT2D eigenvalue weighted by molar-refractivity contribution is 5.67. The molecule has 13 heavy (non-hydrogen) atoms. The molecule has 76 valence electrons. The van der Waals surface area contributed by atoms with Gasteiger partial charge in [0, 0.05) is 18.5 Å². The molecule has 1 unspecified atom stereocenters. The Morgan fingerprint density at radius 2 is 2.23 bits per heavy atom. The average molecular weight is 185 g/mol. The van der Waals surface area contributed by atoms with E-state index in [-0.39, 0.29) is 5.54 Å². The van der Waals surface area contributed by atoms with Gasteiger partial charge in [0.15, 0.2) is 0 Å². The van der Waals surface area contributed by atoms with Crippen molar-refractivity contribution in [3.8, 4) is 0 Å². The number of hydrogen-bond acceptors (Lipinski definition) is 2. The number of rotatable bonds is 2. The summed E-state index contributed by atoms with van der Waals surface area (Å²) in [5.74, 6) is -0.325. The zero-order valence-corrected chi connectivity index (χ0v) is 8.71. The molecule has 0 amide bonds. The first-order valence-corrected chi connectivity index (χ1v) is 4.85. The third-order valence-electron chi connectivity index (χ3n) is 3.19. The number of aliphatic carboxylic acids is 1.